The summed E-state index contributed by atoms with van der Waals surface area (Å²) < 4.78 is 5.59. The van der Waals surface area contributed by atoms with Gasteiger partial charge in [-0.05, 0) is 36.4 Å². The molecule has 1 unspecified atom stereocenters. The molecule has 1 saturated heterocycles. The van der Waals surface area contributed by atoms with Gasteiger partial charge in [-0.15, -0.1) is 0 Å². The summed E-state index contributed by atoms with van der Waals surface area (Å²) >= 11 is 7.73. The van der Waals surface area contributed by atoms with Crippen molar-refractivity contribution in [3.8, 4) is 5.75 Å². The molecule has 0 spiro atoms. The van der Waals surface area contributed by atoms with Gasteiger partial charge in [-0.1, -0.05) is 11.6 Å². The highest BCUT2D eigenvalue weighted by Gasteiger charge is 2.18. The number of thioether (sulfide) groups is 1. The number of hydrogen-bond donors (Lipinski definition) is 0. The van der Waals surface area contributed by atoms with Crippen LogP contribution >= 0.6 is 23.4 Å². The molecule has 0 aromatic heterocycles. The Bertz CT molecular complexity index is 269. The van der Waals surface area contributed by atoms with Crippen LogP contribution in [0, 0.1) is 0 Å². The first kappa shape index (κ1) is 9.22. The summed E-state index contributed by atoms with van der Waals surface area (Å²) in [7, 11) is 0. The molecular formula is C10H11ClOS. The van der Waals surface area contributed by atoms with Gasteiger partial charge >= 0.3 is 0 Å². The highest BCUT2D eigenvalue weighted by molar-refractivity contribution is 8.01. The quantitative estimate of drug-likeness (QED) is 0.764. The maximum atomic E-state index is 5.75. The SMILES string of the molecule is Clc1ccc(OCC2CCS2)cc1. The van der Waals surface area contributed by atoms with Crippen molar-refractivity contribution in [2.24, 2.45) is 0 Å². The fraction of sp³-hybridized carbons (Fsp3) is 0.400. The molecule has 1 heterocycles. The lowest BCUT2D eigenvalue weighted by atomic mass is 10.3. The summed E-state index contributed by atoms with van der Waals surface area (Å²) in [5.74, 6) is 2.20. The van der Waals surface area contributed by atoms with Gasteiger partial charge in [0, 0.05) is 10.3 Å². The summed E-state index contributed by atoms with van der Waals surface area (Å²) in [6.45, 7) is 0.826. The van der Waals surface area contributed by atoms with E-state index >= 15 is 0 Å². The third kappa shape index (κ3) is 2.55. The molecule has 0 N–H and O–H groups in total. The van der Waals surface area contributed by atoms with E-state index in [1.54, 1.807) is 0 Å². The van der Waals surface area contributed by atoms with Gasteiger partial charge in [0.05, 0.1) is 0 Å². The lowest BCUT2D eigenvalue weighted by Crippen LogP contribution is -2.23. The Morgan fingerprint density at radius 2 is 2.08 bits per heavy atom. The van der Waals surface area contributed by atoms with E-state index in [1.165, 1.54) is 12.2 Å². The van der Waals surface area contributed by atoms with Gasteiger partial charge < -0.3 is 4.74 Å². The van der Waals surface area contributed by atoms with E-state index in [0.29, 0.717) is 5.25 Å². The molecular weight excluding hydrogens is 204 g/mol. The smallest absolute Gasteiger partial charge is 0.119 e. The van der Waals surface area contributed by atoms with Gasteiger partial charge in [0.15, 0.2) is 0 Å². The van der Waals surface area contributed by atoms with E-state index < -0.39 is 0 Å². The highest BCUT2D eigenvalue weighted by Crippen LogP contribution is 2.28. The molecule has 3 heteroatoms. The van der Waals surface area contributed by atoms with Crippen molar-refractivity contribution < 1.29 is 4.74 Å². The van der Waals surface area contributed by atoms with E-state index in [9.17, 15) is 0 Å². The predicted molar refractivity (Wildman–Crippen MR) is 57.8 cm³/mol. The van der Waals surface area contributed by atoms with Crippen LogP contribution in [0.15, 0.2) is 24.3 Å². The Morgan fingerprint density at radius 1 is 1.38 bits per heavy atom. The monoisotopic (exact) mass is 214 g/mol. The van der Waals surface area contributed by atoms with Crippen LogP contribution in [0.1, 0.15) is 6.42 Å². The number of ether oxygens (including phenoxy) is 1. The number of hydrogen-bond acceptors (Lipinski definition) is 2. The molecule has 13 heavy (non-hydrogen) atoms. The lowest BCUT2D eigenvalue weighted by Gasteiger charge is -2.24. The fourth-order valence-corrected chi connectivity index (χ4v) is 2.00. The van der Waals surface area contributed by atoms with Crippen LogP contribution in [0.25, 0.3) is 0 Å². The van der Waals surface area contributed by atoms with Crippen molar-refractivity contribution in [3.05, 3.63) is 29.3 Å². The minimum Gasteiger partial charge on any atom is -0.492 e. The van der Waals surface area contributed by atoms with Crippen LogP contribution < -0.4 is 4.74 Å². The molecule has 1 nitrogen and oxygen atoms in total. The molecule has 0 aliphatic carbocycles. The second-order valence-electron chi connectivity index (χ2n) is 3.05. The zero-order valence-corrected chi connectivity index (χ0v) is 8.77. The average molecular weight is 215 g/mol. The molecule has 0 bridgehead atoms. The minimum atomic E-state index is 0.704. The minimum absolute atomic E-state index is 0.704. The van der Waals surface area contributed by atoms with Crippen molar-refractivity contribution in [2.45, 2.75) is 11.7 Å². The van der Waals surface area contributed by atoms with E-state index in [2.05, 4.69) is 0 Å². The molecule has 0 amide bonds. The van der Waals surface area contributed by atoms with Gasteiger partial charge in [0.1, 0.15) is 12.4 Å². The van der Waals surface area contributed by atoms with Gasteiger partial charge in [-0.2, -0.15) is 11.8 Å². The van der Waals surface area contributed by atoms with Gasteiger partial charge in [0.2, 0.25) is 0 Å². The first-order chi connectivity index (χ1) is 6.34. The summed E-state index contributed by atoms with van der Waals surface area (Å²) in [4.78, 5) is 0. The molecule has 1 aliphatic rings. The van der Waals surface area contributed by atoms with Crippen LogP contribution in [0.2, 0.25) is 5.02 Å². The Balaban J connectivity index is 1.83. The average Bonchev–Trinajstić information content (AvgIpc) is 2.05. The van der Waals surface area contributed by atoms with Crippen LogP contribution in [-0.2, 0) is 0 Å². The van der Waals surface area contributed by atoms with Crippen molar-refractivity contribution in [3.63, 3.8) is 0 Å². The Morgan fingerprint density at radius 3 is 2.62 bits per heavy atom. The lowest BCUT2D eigenvalue weighted by molar-refractivity contribution is 0.311. The van der Waals surface area contributed by atoms with Crippen LogP contribution in [0.4, 0.5) is 0 Å². The molecule has 1 aliphatic heterocycles. The largest absolute Gasteiger partial charge is 0.492 e. The maximum absolute atomic E-state index is 5.75. The van der Waals surface area contributed by atoms with Crippen LogP contribution in [0.5, 0.6) is 5.75 Å². The third-order valence-electron chi connectivity index (χ3n) is 2.04. The summed E-state index contributed by atoms with van der Waals surface area (Å²) in [5, 5.41) is 1.46. The van der Waals surface area contributed by atoms with Crippen molar-refractivity contribution >= 4 is 23.4 Å². The molecule has 1 atom stereocenters. The molecule has 1 fully saturated rings. The molecule has 0 radical (unpaired) electrons. The van der Waals surface area contributed by atoms with Crippen molar-refractivity contribution in [1.29, 1.82) is 0 Å². The normalized spacial score (nSPS) is 20.8. The fourth-order valence-electron chi connectivity index (χ4n) is 1.14. The molecule has 70 valence electrons. The van der Waals surface area contributed by atoms with Crippen LogP contribution in [-0.4, -0.2) is 17.6 Å². The van der Waals surface area contributed by atoms with Gasteiger partial charge in [-0.25, -0.2) is 0 Å². The Hall–Kier alpha value is -0.340. The highest BCUT2D eigenvalue weighted by atomic mass is 35.5. The Kier molecular flexibility index (Phi) is 3.01. The zero-order valence-electron chi connectivity index (χ0n) is 7.20. The van der Waals surface area contributed by atoms with Crippen LogP contribution in [0.3, 0.4) is 0 Å². The van der Waals surface area contributed by atoms with E-state index in [-0.39, 0.29) is 0 Å². The summed E-state index contributed by atoms with van der Waals surface area (Å²) in [6, 6.07) is 7.52. The predicted octanol–water partition coefficient (Wildman–Crippen LogP) is 3.22. The first-order valence-electron chi connectivity index (χ1n) is 4.34. The van der Waals surface area contributed by atoms with E-state index in [1.807, 2.05) is 36.0 Å². The summed E-state index contributed by atoms with van der Waals surface area (Å²) in [6.07, 6.45) is 1.29. The molecule has 0 saturated carbocycles. The molecule has 1 aromatic carbocycles. The standard InChI is InChI=1S/C10H11ClOS/c11-8-1-3-9(4-2-8)12-7-10-5-6-13-10/h1-4,10H,5-7H2. The third-order valence-corrected chi connectivity index (χ3v) is 3.61. The van der Waals surface area contributed by atoms with Gasteiger partial charge in [-0.3, -0.25) is 0 Å². The molecule has 1 aromatic rings. The summed E-state index contributed by atoms with van der Waals surface area (Å²) in [5.41, 5.74) is 0. The first-order valence-corrected chi connectivity index (χ1v) is 5.77. The maximum Gasteiger partial charge on any atom is 0.119 e. The number of rotatable bonds is 3. The van der Waals surface area contributed by atoms with Gasteiger partial charge in [0.25, 0.3) is 0 Å². The number of halogens is 1. The van der Waals surface area contributed by atoms with Crippen molar-refractivity contribution in [2.75, 3.05) is 12.4 Å². The topological polar surface area (TPSA) is 9.23 Å². The van der Waals surface area contributed by atoms with E-state index in [0.717, 1.165) is 17.4 Å². The zero-order chi connectivity index (χ0) is 9.10. The second-order valence-corrected chi connectivity index (χ2v) is 4.89. The molecule has 2 rings (SSSR count). The second kappa shape index (κ2) is 4.25. The number of benzene rings is 1. The Labute approximate surface area is 87.4 Å². The van der Waals surface area contributed by atoms with E-state index in [4.69, 9.17) is 16.3 Å². The van der Waals surface area contributed by atoms with Crippen molar-refractivity contribution in [1.82, 2.24) is 0 Å².